The minimum atomic E-state index is -0.461. The number of rotatable bonds is 2. The molecule has 0 atom stereocenters. The Kier molecular flexibility index (Phi) is 6.50. The van der Waals surface area contributed by atoms with Crippen LogP contribution in [-0.4, -0.2) is 30.6 Å². The number of aromatic hydroxyl groups is 6. The minimum absolute atomic E-state index is 0.0578. The van der Waals surface area contributed by atoms with Gasteiger partial charge in [0.05, 0.1) is 21.9 Å². The highest BCUT2D eigenvalue weighted by atomic mass is 16.4. The van der Waals surface area contributed by atoms with Crippen LogP contribution in [0.2, 0.25) is 0 Å². The van der Waals surface area contributed by atoms with Gasteiger partial charge in [-0.15, -0.1) is 0 Å². The maximum atomic E-state index is 12.4. The molecule has 6 rings (SSSR count). The van der Waals surface area contributed by atoms with Gasteiger partial charge in [-0.1, -0.05) is 24.3 Å². The summed E-state index contributed by atoms with van der Waals surface area (Å²) in [4.78, 5) is 24.7. The first-order valence-corrected chi connectivity index (χ1v) is 11.7. The first-order valence-electron chi connectivity index (χ1n) is 11.7. The summed E-state index contributed by atoms with van der Waals surface area (Å²) in [6.07, 6.45) is 2.44. The predicted octanol–water partition coefficient (Wildman–Crippen LogP) is 5.15. The van der Waals surface area contributed by atoms with E-state index in [9.17, 15) is 40.2 Å². The summed E-state index contributed by atoms with van der Waals surface area (Å²) in [7, 11) is 0. The molecule has 10 nitrogen and oxygen atoms in total. The second-order valence-corrected chi connectivity index (χ2v) is 8.67. The third-order valence-electron chi connectivity index (χ3n) is 6.14. The Balaban J connectivity index is 0.000000161. The Morgan fingerprint density at radius 3 is 1.15 bits per heavy atom. The smallest absolute Gasteiger partial charge is 0.201 e. The molecular formula is C30H20O10. The van der Waals surface area contributed by atoms with Crippen molar-refractivity contribution in [2.45, 2.75) is 0 Å². The number of hydrogen-bond acceptors (Lipinski definition) is 10. The first kappa shape index (κ1) is 25.7. The zero-order chi connectivity index (χ0) is 28.6. The molecule has 0 unspecified atom stereocenters. The topological polar surface area (TPSA) is 182 Å². The quantitative estimate of drug-likeness (QED) is 0.161. The van der Waals surface area contributed by atoms with E-state index in [1.807, 2.05) is 0 Å². The maximum Gasteiger partial charge on any atom is 0.201 e. The lowest BCUT2D eigenvalue weighted by Gasteiger charge is -2.05. The van der Waals surface area contributed by atoms with Crippen LogP contribution in [0.3, 0.4) is 0 Å². The molecular weight excluding hydrogens is 520 g/mol. The molecule has 0 aliphatic rings. The molecule has 10 heteroatoms. The van der Waals surface area contributed by atoms with Crippen LogP contribution in [0.1, 0.15) is 0 Å². The van der Waals surface area contributed by atoms with E-state index in [2.05, 4.69) is 0 Å². The third kappa shape index (κ3) is 4.61. The molecule has 0 amide bonds. The largest absolute Gasteiger partial charge is 0.508 e. The van der Waals surface area contributed by atoms with Crippen LogP contribution >= 0.6 is 0 Å². The van der Waals surface area contributed by atoms with Crippen LogP contribution in [0, 0.1) is 0 Å². The summed E-state index contributed by atoms with van der Waals surface area (Å²) < 4.78 is 10.5. The molecule has 40 heavy (non-hydrogen) atoms. The van der Waals surface area contributed by atoms with Crippen LogP contribution in [0.4, 0.5) is 0 Å². The Morgan fingerprint density at radius 2 is 0.800 bits per heavy atom. The molecule has 2 aromatic heterocycles. The van der Waals surface area contributed by atoms with Crippen molar-refractivity contribution in [3.05, 3.63) is 106 Å². The van der Waals surface area contributed by atoms with E-state index in [1.54, 1.807) is 24.3 Å². The van der Waals surface area contributed by atoms with Gasteiger partial charge in [0.15, 0.2) is 22.7 Å². The van der Waals surface area contributed by atoms with Gasteiger partial charge in [-0.05, 0) is 59.7 Å². The van der Waals surface area contributed by atoms with E-state index < -0.39 is 11.5 Å². The van der Waals surface area contributed by atoms with Crippen LogP contribution in [-0.2, 0) is 0 Å². The molecule has 0 aliphatic heterocycles. The number of hydrogen-bond donors (Lipinski definition) is 6. The van der Waals surface area contributed by atoms with E-state index in [0.29, 0.717) is 22.3 Å². The highest BCUT2D eigenvalue weighted by molar-refractivity contribution is 5.88. The third-order valence-corrected chi connectivity index (χ3v) is 6.14. The van der Waals surface area contributed by atoms with Crippen molar-refractivity contribution < 1.29 is 39.5 Å². The Hall–Kier alpha value is -5.90. The summed E-state index contributed by atoms with van der Waals surface area (Å²) in [6, 6.07) is 17.5. The molecule has 0 spiro atoms. The SMILES string of the molecule is O=c1c(-c2ccc(O)cc2)coc2c(O)c(O)ccc12.O=c1c(-c2ccc(O)cc2)coc2c(O)c(O)ccc12. The lowest BCUT2D eigenvalue weighted by molar-refractivity contribution is 0.399. The van der Waals surface area contributed by atoms with Gasteiger partial charge < -0.3 is 39.5 Å². The molecule has 0 aliphatic carbocycles. The molecule has 4 aromatic carbocycles. The molecule has 0 saturated carbocycles. The summed E-state index contributed by atoms with van der Waals surface area (Å²) in [5.41, 5.74) is 1.02. The maximum absolute atomic E-state index is 12.4. The van der Waals surface area contributed by atoms with Gasteiger partial charge in [-0.25, -0.2) is 0 Å². The van der Waals surface area contributed by atoms with Crippen molar-refractivity contribution in [2.75, 3.05) is 0 Å². The number of fused-ring (bicyclic) bond motifs is 2. The predicted molar refractivity (Wildman–Crippen MR) is 146 cm³/mol. The normalized spacial score (nSPS) is 10.8. The number of benzene rings is 4. The summed E-state index contributed by atoms with van der Waals surface area (Å²) >= 11 is 0. The van der Waals surface area contributed by atoms with Crippen LogP contribution in [0.5, 0.6) is 34.5 Å². The fourth-order valence-corrected chi connectivity index (χ4v) is 4.03. The highest BCUT2D eigenvalue weighted by Crippen LogP contribution is 2.34. The molecule has 6 aromatic rings. The average Bonchev–Trinajstić information content (AvgIpc) is 2.95. The Labute approximate surface area is 224 Å². The molecule has 0 radical (unpaired) electrons. The Bertz CT molecular complexity index is 1840. The van der Waals surface area contributed by atoms with Gasteiger partial charge in [-0.2, -0.15) is 0 Å². The zero-order valence-corrected chi connectivity index (χ0v) is 20.4. The summed E-state index contributed by atoms with van der Waals surface area (Å²) in [6.45, 7) is 0. The van der Waals surface area contributed by atoms with Gasteiger partial charge in [0.2, 0.25) is 22.4 Å². The van der Waals surface area contributed by atoms with Crippen LogP contribution < -0.4 is 10.9 Å². The summed E-state index contributed by atoms with van der Waals surface area (Å²) in [5, 5.41) is 56.9. The van der Waals surface area contributed by atoms with Gasteiger partial charge in [-0.3, -0.25) is 9.59 Å². The fraction of sp³-hybridized carbons (Fsp3) is 0. The lowest BCUT2D eigenvalue weighted by Crippen LogP contribution is -2.04. The van der Waals surface area contributed by atoms with Gasteiger partial charge >= 0.3 is 0 Å². The zero-order valence-electron chi connectivity index (χ0n) is 20.4. The van der Waals surface area contributed by atoms with Crippen LogP contribution in [0.15, 0.2) is 104 Å². The van der Waals surface area contributed by atoms with E-state index >= 15 is 0 Å². The second kappa shape index (κ2) is 10.1. The first-order chi connectivity index (χ1) is 19.2. The average molecular weight is 540 g/mol. The van der Waals surface area contributed by atoms with Crippen molar-refractivity contribution in [3.8, 4) is 56.8 Å². The number of phenols is 6. The van der Waals surface area contributed by atoms with E-state index in [0.717, 1.165) is 0 Å². The van der Waals surface area contributed by atoms with Gasteiger partial charge in [0.25, 0.3) is 0 Å². The van der Waals surface area contributed by atoms with Gasteiger partial charge in [0.1, 0.15) is 24.0 Å². The molecule has 2 heterocycles. The van der Waals surface area contributed by atoms with E-state index in [4.69, 9.17) is 8.83 Å². The van der Waals surface area contributed by atoms with Crippen molar-refractivity contribution in [1.29, 1.82) is 0 Å². The molecule has 0 saturated heterocycles. The number of phenolic OH excluding ortho intramolecular Hbond substituents is 6. The molecule has 0 fully saturated rings. The van der Waals surface area contributed by atoms with Gasteiger partial charge in [0, 0.05) is 0 Å². The van der Waals surface area contributed by atoms with Crippen LogP contribution in [0.25, 0.3) is 44.2 Å². The molecule has 0 bridgehead atoms. The van der Waals surface area contributed by atoms with Crippen molar-refractivity contribution >= 4 is 21.9 Å². The van der Waals surface area contributed by atoms with Crippen molar-refractivity contribution in [1.82, 2.24) is 0 Å². The van der Waals surface area contributed by atoms with Crippen molar-refractivity contribution in [2.24, 2.45) is 0 Å². The van der Waals surface area contributed by atoms with Crippen molar-refractivity contribution in [3.63, 3.8) is 0 Å². The monoisotopic (exact) mass is 540 g/mol. The lowest BCUT2D eigenvalue weighted by atomic mass is 10.1. The van der Waals surface area contributed by atoms with E-state index in [-0.39, 0.29) is 55.8 Å². The standard InChI is InChI=1S/2C15H10O5/c2*16-9-3-1-8(2-4-9)11-7-20-15-10(13(11)18)5-6-12(17)14(15)19/h2*1-7,16-17,19H. The summed E-state index contributed by atoms with van der Waals surface area (Å²) in [5.74, 6) is -1.42. The highest BCUT2D eigenvalue weighted by Gasteiger charge is 2.15. The molecule has 200 valence electrons. The Morgan fingerprint density at radius 1 is 0.450 bits per heavy atom. The van der Waals surface area contributed by atoms with E-state index in [1.165, 1.54) is 61.1 Å². The minimum Gasteiger partial charge on any atom is -0.508 e. The second-order valence-electron chi connectivity index (χ2n) is 8.67. The fourth-order valence-electron chi connectivity index (χ4n) is 4.03. The molecule has 6 N–H and O–H groups in total.